The van der Waals surface area contributed by atoms with Gasteiger partial charge in [0.25, 0.3) is 0 Å². The first-order valence-corrected chi connectivity index (χ1v) is 2.91. The quantitative estimate of drug-likeness (QED) is 0.473. The van der Waals surface area contributed by atoms with Gasteiger partial charge in [-0.15, -0.1) is 0 Å². The summed E-state index contributed by atoms with van der Waals surface area (Å²) in [7, 11) is 0. The van der Waals surface area contributed by atoms with E-state index in [0.717, 1.165) is 0 Å². The van der Waals surface area contributed by atoms with Crippen LogP contribution in [0, 0.1) is 0 Å². The molecule has 0 fully saturated rings. The molecular formula is C7H4N2O. The van der Waals surface area contributed by atoms with Crippen molar-refractivity contribution >= 4 is 17.2 Å². The van der Waals surface area contributed by atoms with Crippen molar-refractivity contribution in [3.05, 3.63) is 24.6 Å². The molecule has 0 unspecified atom stereocenters. The number of rotatable bonds is 0. The molecule has 0 aromatic carbocycles. The molecule has 0 aliphatic carbocycles. The molecule has 0 radical (unpaired) electrons. The van der Waals surface area contributed by atoms with Crippen LogP contribution in [0.4, 0.5) is 0 Å². The smallest absolute Gasteiger partial charge is 0.207 e. The molecule has 3 heteroatoms. The Morgan fingerprint density at radius 3 is 2.70 bits per heavy atom. The number of hydrogen-bond acceptors (Lipinski definition) is 3. The van der Waals surface area contributed by atoms with E-state index in [1.165, 1.54) is 12.3 Å². The van der Waals surface area contributed by atoms with E-state index >= 15 is 0 Å². The number of nitrogens with zero attached hydrogens (tertiary/aromatic N) is 2. The zero-order chi connectivity index (χ0) is 6.97. The highest BCUT2D eigenvalue weighted by Crippen LogP contribution is 2.04. The van der Waals surface area contributed by atoms with Crippen LogP contribution in [0.15, 0.2) is 34.5 Å². The Morgan fingerprint density at radius 2 is 1.90 bits per heavy atom. The van der Waals surface area contributed by atoms with Gasteiger partial charge >= 0.3 is 0 Å². The van der Waals surface area contributed by atoms with Gasteiger partial charge in [-0.05, 0) is 6.08 Å². The van der Waals surface area contributed by atoms with Crippen molar-refractivity contribution < 1.29 is 4.79 Å². The van der Waals surface area contributed by atoms with Crippen LogP contribution < -0.4 is 0 Å². The first kappa shape index (κ1) is 5.29. The first-order valence-electron chi connectivity index (χ1n) is 2.91. The van der Waals surface area contributed by atoms with Gasteiger partial charge in [0.2, 0.25) is 5.78 Å². The maximum Gasteiger partial charge on any atom is 0.207 e. The number of allylic oxidation sites excluding steroid dienone is 2. The predicted molar refractivity (Wildman–Crippen MR) is 38.2 cm³/mol. The fraction of sp³-hybridized carbons (Fsp3) is 0. The van der Waals surface area contributed by atoms with Gasteiger partial charge in [0, 0.05) is 18.5 Å². The normalized spacial score (nSPS) is 20.6. The molecule has 2 aliphatic rings. The molecule has 0 amide bonds. The second-order valence-electron chi connectivity index (χ2n) is 1.99. The molecule has 10 heavy (non-hydrogen) atoms. The standard InChI is InChI=1S/C7H4N2O/c10-6-2-4-8-5-1-3-9-7(5)6/h1-4H. The Kier molecular flexibility index (Phi) is 0.917. The maximum absolute atomic E-state index is 10.9. The summed E-state index contributed by atoms with van der Waals surface area (Å²) in [6.07, 6.45) is 6.21. The summed E-state index contributed by atoms with van der Waals surface area (Å²) in [5.74, 6) is -0.0602. The third-order valence-electron chi connectivity index (χ3n) is 1.35. The molecule has 0 aromatic rings. The number of fused-ring (bicyclic) bond motifs is 1. The summed E-state index contributed by atoms with van der Waals surface area (Å²) in [6.45, 7) is 0. The Labute approximate surface area is 57.5 Å². The van der Waals surface area contributed by atoms with Crippen LogP contribution >= 0.6 is 0 Å². The predicted octanol–water partition coefficient (Wildman–Crippen LogP) is 0.492. The molecule has 3 nitrogen and oxygen atoms in total. The van der Waals surface area contributed by atoms with Crippen molar-refractivity contribution in [2.75, 3.05) is 0 Å². The lowest BCUT2D eigenvalue weighted by atomic mass is 10.1. The maximum atomic E-state index is 10.9. The number of hydrogen-bond donors (Lipinski definition) is 0. The minimum atomic E-state index is -0.0602. The van der Waals surface area contributed by atoms with E-state index in [1.807, 2.05) is 0 Å². The van der Waals surface area contributed by atoms with Crippen LogP contribution in [0.3, 0.4) is 0 Å². The lowest BCUT2D eigenvalue weighted by molar-refractivity contribution is -0.108. The minimum Gasteiger partial charge on any atom is -0.287 e. The van der Waals surface area contributed by atoms with Gasteiger partial charge < -0.3 is 0 Å². The lowest BCUT2D eigenvalue weighted by Gasteiger charge is -1.99. The Bertz CT molecular complexity index is 302. The van der Waals surface area contributed by atoms with Gasteiger partial charge in [-0.25, -0.2) is 0 Å². The van der Waals surface area contributed by atoms with Crippen molar-refractivity contribution in [1.82, 2.24) is 0 Å². The summed E-state index contributed by atoms with van der Waals surface area (Å²) in [5.41, 5.74) is 1.13. The average molecular weight is 132 g/mol. The van der Waals surface area contributed by atoms with Crippen LogP contribution in [-0.2, 0) is 4.79 Å². The van der Waals surface area contributed by atoms with E-state index in [4.69, 9.17) is 0 Å². The van der Waals surface area contributed by atoms with Crippen LogP contribution in [0.2, 0.25) is 0 Å². The molecule has 0 saturated heterocycles. The van der Waals surface area contributed by atoms with Crippen molar-refractivity contribution in [2.45, 2.75) is 0 Å². The monoisotopic (exact) mass is 132 g/mol. The molecule has 0 N–H and O–H groups in total. The van der Waals surface area contributed by atoms with Crippen molar-refractivity contribution in [1.29, 1.82) is 0 Å². The average Bonchev–Trinajstić information content (AvgIpc) is 2.36. The van der Waals surface area contributed by atoms with Crippen LogP contribution in [0.5, 0.6) is 0 Å². The largest absolute Gasteiger partial charge is 0.287 e. The Hall–Kier alpha value is -1.51. The second kappa shape index (κ2) is 1.73. The summed E-state index contributed by atoms with van der Waals surface area (Å²) in [5, 5.41) is 0. The highest BCUT2D eigenvalue weighted by Gasteiger charge is 2.18. The van der Waals surface area contributed by atoms with Gasteiger partial charge in [-0.3, -0.25) is 14.8 Å². The zero-order valence-electron chi connectivity index (χ0n) is 5.11. The van der Waals surface area contributed by atoms with E-state index in [1.54, 1.807) is 12.3 Å². The molecule has 0 atom stereocenters. The fourth-order valence-corrected chi connectivity index (χ4v) is 0.886. The Morgan fingerprint density at radius 1 is 1.10 bits per heavy atom. The number of aliphatic imine (C=N–C) groups is 2. The molecule has 48 valence electrons. The van der Waals surface area contributed by atoms with Gasteiger partial charge in [-0.1, -0.05) is 0 Å². The van der Waals surface area contributed by atoms with E-state index in [2.05, 4.69) is 9.98 Å². The van der Waals surface area contributed by atoms with Crippen molar-refractivity contribution in [3.63, 3.8) is 0 Å². The highest BCUT2D eigenvalue weighted by atomic mass is 16.1. The van der Waals surface area contributed by atoms with E-state index in [9.17, 15) is 4.79 Å². The summed E-state index contributed by atoms with van der Waals surface area (Å²) < 4.78 is 0. The number of carbonyl (C=O) groups excluding carboxylic acids is 1. The van der Waals surface area contributed by atoms with E-state index < -0.39 is 0 Å². The van der Waals surface area contributed by atoms with Gasteiger partial charge in [0.05, 0.1) is 5.71 Å². The van der Waals surface area contributed by atoms with Crippen molar-refractivity contribution in [2.24, 2.45) is 9.98 Å². The number of carbonyl (C=O) groups is 1. The molecule has 2 aliphatic heterocycles. The number of ketones is 1. The van der Waals surface area contributed by atoms with Crippen LogP contribution in [-0.4, -0.2) is 17.2 Å². The summed E-state index contributed by atoms with van der Waals surface area (Å²) in [4.78, 5) is 18.7. The summed E-state index contributed by atoms with van der Waals surface area (Å²) in [6, 6.07) is 0. The second-order valence-corrected chi connectivity index (χ2v) is 1.99. The molecule has 0 spiro atoms. The molecule has 2 rings (SSSR count). The van der Waals surface area contributed by atoms with Gasteiger partial charge in [0.1, 0.15) is 5.71 Å². The van der Waals surface area contributed by atoms with Crippen LogP contribution in [0.25, 0.3) is 0 Å². The van der Waals surface area contributed by atoms with Gasteiger partial charge in [0.15, 0.2) is 0 Å². The van der Waals surface area contributed by atoms with Gasteiger partial charge in [-0.2, -0.15) is 0 Å². The third-order valence-corrected chi connectivity index (χ3v) is 1.35. The topological polar surface area (TPSA) is 41.8 Å². The molecule has 0 aromatic heterocycles. The van der Waals surface area contributed by atoms with Crippen LogP contribution in [0.1, 0.15) is 0 Å². The van der Waals surface area contributed by atoms with E-state index in [-0.39, 0.29) is 5.78 Å². The first-order chi connectivity index (χ1) is 4.88. The SMILES string of the molecule is O=C1C=CN=C2C=CN=C12. The molecule has 2 heterocycles. The third kappa shape index (κ3) is 0.572. The molecule has 0 bridgehead atoms. The zero-order valence-corrected chi connectivity index (χ0v) is 5.11. The molecular weight excluding hydrogens is 128 g/mol. The van der Waals surface area contributed by atoms with Crippen molar-refractivity contribution in [3.8, 4) is 0 Å². The molecule has 0 saturated carbocycles. The Balaban J connectivity index is 2.54. The highest BCUT2D eigenvalue weighted by molar-refractivity contribution is 6.73. The van der Waals surface area contributed by atoms with E-state index in [0.29, 0.717) is 11.4 Å². The fourth-order valence-electron chi connectivity index (χ4n) is 0.886. The minimum absolute atomic E-state index is 0.0602. The lowest BCUT2D eigenvalue weighted by Crippen LogP contribution is -2.20. The summed E-state index contributed by atoms with van der Waals surface area (Å²) >= 11 is 0.